The summed E-state index contributed by atoms with van der Waals surface area (Å²) in [6.45, 7) is 1.41. The first-order valence-electron chi connectivity index (χ1n) is 5.58. The van der Waals surface area contributed by atoms with Crippen molar-refractivity contribution in [3.63, 3.8) is 0 Å². The van der Waals surface area contributed by atoms with Gasteiger partial charge in [-0.3, -0.25) is 4.79 Å². The van der Waals surface area contributed by atoms with Gasteiger partial charge in [0.05, 0.1) is 0 Å². The third kappa shape index (κ3) is 1.87. The summed E-state index contributed by atoms with van der Waals surface area (Å²) in [7, 11) is 1.66. The highest BCUT2D eigenvalue weighted by Gasteiger charge is 2.38. The van der Waals surface area contributed by atoms with E-state index >= 15 is 0 Å². The molecule has 0 spiro atoms. The zero-order valence-corrected chi connectivity index (χ0v) is 9.65. The highest BCUT2D eigenvalue weighted by atomic mass is 16.5. The molecule has 0 aliphatic heterocycles. The van der Waals surface area contributed by atoms with Crippen LogP contribution in [0.1, 0.15) is 55.5 Å². The van der Waals surface area contributed by atoms with Gasteiger partial charge in [0, 0.05) is 14.0 Å². The summed E-state index contributed by atoms with van der Waals surface area (Å²) in [4.78, 5) is 15.2. The van der Waals surface area contributed by atoms with Crippen molar-refractivity contribution < 1.29 is 14.1 Å². The van der Waals surface area contributed by atoms with Crippen molar-refractivity contribution in [3.8, 4) is 0 Å². The Morgan fingerprint density at radius 1 is 1.38 bits per heavy atom. The maximum absolute atomic E-state index is 11.1. The topological polar surface area (TPSA) is 65.2 Å². The van der Waals surface area contributed by atoms with E-state index in [0.717, 1.165) is 25.7 Å². The third-order valence-electron chi connectivity index (χ3n) is 3.19. The second-order valence-electron chi connectivity index (χ2n) is 4.24. The molecule has 0 N–H and O–H groups in total. The second-order valence-corrected chi connectivity index (χ2v) is 4.24. The number of nitrogens with zero attached hydrogens (tertiary/aromatic N) is 2. The molecule has 1 saturated carbocycles. The standard InChI is InChI=1S/C11H16N2O3/c1-8(14)9-12-10(13-16-9)11(15-2)6-4-3-5-7-11/h3-7H2,1-2H3. The normalized spacial score (nSPS) is 19.6. The summed E-state index contributed by atoms with van der Waals surface area (Å²) < 4.78 is 10.5. The average molecular weight is 224 g/mol. The molecule has 0 bridgehead atoms. The molecule has 0 unspecified atom stereocenters. The number of carbonyl (C=O) groups excluding carboxylic acids is 1. The fourth-order valence-corrected chi connectivity index (χ4v) is 2.19. The van der Waals surface area contributed by atoms with Crippen molar-refractivity contribution in [2.45, 2.75) is 44.6 Å². The van der Waals surface area contributed by atoms with Gasteiger partial charge in [0.25, 0.3) is 5.89 Å². The van der Waals surface area contributed by atoms with E-state index in [9.17, 15) is 4.79 Å². The van der Waals surface area contributed by atoms with E-state index in [1.54, 1.807) is 7.11 Å². The van der Waals surface area contributed by atoms with E-state index in [4.69, 9.17) is 9.26 Å². The van der Waals surface area contributed by atoms with Gasteiger partial charge in [0.15, 0.2) is 0 Å². The number of aromatic nitrogens is 2. The molecule has 0 saturated heterocycles. The van der Waals surface area contributed by atoms with E-state index in [1.807, 2.05) is 0 Å². The van der Waals surface area contributed by atoms with Crippen LogP contribution in [0.5, 0.6) is 0 Å². The smallest absolute Gasteiger partial charge is 0.293 e. The van der Waals surface area contributed by atoms with E-state index < -0.39 is 5.60 Å². The van der Waals surface area contributed by atoms with Crippen molar-refractivity contribution in [2.75, 3.05) is 7.11 Å². The highest BCUT2D eigenvalue weighted by molar-refractivity contribution is 5.89. The van der Waals surface area contributed by atoms with Gasteiger partial charge in [-0.05, 0) is 12.8 Å². The van der Waals surface area contributed by atoms with Crippen LogP contribution >= 0.6 is 0 Å². The number of rotatable bonds is 3. The van der Waals surface area contributed by atoms with Gasteiger partial charge in [0.1, 0.15) is 5.60 Å². The Labute approximate surface area is 94.2 Å². The van der Waals surface area contributed by atoms with Crippen molar-refractivity contribution in [1.29, 1.82) is 0 Å². The Kier molecular flexibility index (Phi) is 3.05. The van der Waals surface area contributed by atoms with Gasteiger partial charge in [-0.2, -0.15) is 4.98 Å². The number of ketones is 1. The molecule has 0 aromatic carbocycles. The summed E-state index contributed by atoms with van der Waals surface area (Å²) in [5.41, 5.74) is -0.449. The lowest BCUT2D eigenvalue weighted by molar-refractivity contribution is -0.0527. The first kappa shape index (κ1) is 11.3. The third-order valence-corrected chi connectivity index (χ3v) is 3.19. The van der Waals surface area contributed by atoms with Gasteiger partial charge < -0.3 is 9.26 Å². The Hall–Kier alpha value is -1.23. The zero-order chi connectivity index (χ0) is 11.6. The minimum absolute atomic E-state index is 0.0667. The van der Waals surface area contributed by atoms with Crippen molar-refractivity contribution in [2.24, 2.45) is 0 Å². The van der Waals surface area contributed by atoms with Crippen LogP contribution in [0, 0.1) is 0 Å². The van der Waals surface area contributed by atoms with E-state index in [-0.39, 0.29) is 11.7 Å². The number of carbonyl (C=O) groups is 1. The average Bonchev–Trinajstić information content (AvgIpc) is 2.80. The van der Waals surface area contributed by atoms with Crippen molar-refractivity contribution in [3.05, 3.63) is 11.7 Å². The molecular weight excluding hydrogens is 208 g/mol. The molecule has 5 heteroatoms. The number of hydrogen-bond acceptors (Lipinski definition) is 5. The molecule has 0 radical (unpaired) electrons. The summed E-state index contributed by atoms with van der Waals surface area (Å²) in [5.74, 6) is 0.373. The Morgan fingerprint density at radius 3 is 2.56 bits per heavy atom. The van der Waals surface area contributed by atoms with Crippen LogP contribution < -0.4 is 0 Å². The number of Topliss-reactive ketones (excluding diaryl/α,β-unsaturated/α-hetero) is 1. The van der Waals surface area contributed by atoms with E-state index in [2.05, 4.69) is 10.1 Å². The molecule has 5 nitrogen and oxygen atoms in total. The molecule has 1 aromatic heterocycles. The highest BCUT2D eigenvalue weighted by Crippen LogP contribution is 2.38. The van der Waals surface area contributed by atoms with Crippen LogP contribution in [0.3, 0.4) is 0 Å². The lowest BCUT2D eigenvalue weighted by Gasteiger charge is -2.32. The van der Waals surface area contributed by atoms with Crippen LogP contribution in [0.15, 0.2) is 4.52 Å². The summed E-state index contributed by atoms with van der Waals surface area (Å²) in [5, 5.41) is 3.87. The fraction of sp³-hybridized carbons (Fsp3) is 0.727. The minimum atomic E-state index is -0.449. The molecule has 2 rings (SSSR count). The van der Waals surface area contributed by atoms with E-state index in [0.29, 0.717) is 5.82 Å². The number of methoxy groups -OCH3 is 1. The molecule has 0 atom stereocenters. The Bertz CT molecular complexity index is 380. The molecular formula is C11H16N2O3. The number of ether oxygens (including phenoxy) is 1. The summed E-state index contributed by atoms with van der Waals surface area (Å²) >= 11 is 0. The van der Waals surface area contributed by atoms with Gasteiger partial charge in [-0.25, -0.2) is 0 Å². The van der Waals surface area contributed by atoms with Gasteiger partial charge >= 0.3 is 0 Å². The first-order valence-corrected chi connectivity index (χ1v) is 5.58. The zero-order valence-electron chi connectivity index (χ0n) is 9.65. The predicted octanol–water partition coefficient (Wildman–Crippen LogP) is 2.08. The second kappa shape index (κ2) is 4.33. The molecule has 1 aliphatic carbocycles. The van der Waals surface area contributed by atoms with Gasteiger partial charge in [0.2, 0.25) is 11.6 Å². The predicted molar refractivity (Wildman–Crippen MR) is 56.1 cm³/mol. The van der Waals surface area contributed by atoms with E-state index in [1.165, 1.54) is 13.3 Å². The Morgan fingerprint density at radius 2 is 2.06 bits per heavy atom. The minimum Gasteiger partial charge on any atom is -0.370 e. The van der Waals surface area contributed by atoms with Crippen molar-refractivity contribution in [1.82, 2.24) is 10.1 Å². The largest absolute Gasteiger partial charge is 0.370 e. The fourth-order valence-electron chi connectivity index (χ4n) is 2.19. The van der Waals surface area contributed by atoms with Crippen LogP contribution in [0.25, 0.3) is 0 Å². The number of hydrogen-bond donors (Lipinski definition) is 0. The monoisotopic (exact) mass is 224 g/mol. The molecule has 1 aromatic rings. The molecule has 1 aliphatic rings. The quantitative estimate of drug-likeness (QED) is 0.735. The first-order chi connectivity index (χ1) is 7.68. The lowest BCUT2D eigenvalue weighted by atomic mass is 9.84. The maximum Gasteiger partial charge on any atom is 0.293 e. The van der Waals surface area contributed by atoms with Crippen LogP contribution in [0.2, 0.25) is 0 Å². The molecule has 16 heavy (non-hydrogen) atoms. The van der Waals surface area contributed by atoms with Gasteiger partial charge in [-0.15, -0.1) is 0 Å². The maximum atomic E-state index is 11.1. The van der Waals surface area contributed by atoms with Crippen molar-refractivity contribution >= 4 is 5.78 Å². The van der Waals surface area contributed by atoms with Crippen LogP contribution in [-0.4, -0.2) is 23.0 Å². The van der Waals surface area contributed by atoms with Crippen LogP contribution in [0.4, 0.5) is 0 Å². The van der Waals surface area contributed by atoms with Crippen LogP contribution in [-0.2, 0) is 10.3 Å². The van der Waals surface area contributed by atoms with Gasteiger partial charge in [-0.1, -0.05) is 24.4 Å². The molecule has 1 fully saturated rings. The lowest BCUT2D eigenvalue weighted by Crippen LogP contribution is -2.32. The SMILES string of the molecule is COC1(c2noc(C(C)=O)n2)CCCCC1. The molecule has 88 valence electrons. The Balaban J connectivity index is 2.28. The molecule has 1 heterocycles. The summed E-state index contributed by atoms with van der Waals surface area (Å²) in [6, 6.07) is 0. The summed E-state index contributed by atoms with van der Waals surface area (Å²) in [6.07, 6.45) is 5.18. The molecule has 0 amide bonds.